The Labute approximate surface area is 442 Å². The molecule has 0 aliphatic heterocycles. The molecule has 0 aromatic heterocycles. The van der Waals surface area contributed by atoms with Gasteiger partial charge in [-0.1, -0.05) is 255 Å². The minimum atomic E-state index is 1.11. The van der Waals surface area contributed by atoms with Crippen molar-refractivity contribution in [3.8, 4) is 22.3 Å². The summed E-state index contributed by atoms with van der Waals surface area (Å²) in [6, 6.07) is 106. The molecule has 0 saturated heterocycles. The predicted octanol–water partition coefficient (Wildman–Crippen LogP) is 21.0. The lowest BCUT2D eigenvalue weighted by Crippen LogP contribution is -2.11. The van der Waals surface area contributed by atoms with Crippen molar-refractivity contribution in [2.75, 3.05) is 9.80 Å². The Balaban J connectivity index is 0.725. The van der Waals surface area contributed by atoms with E-state index >= 15 is 0 Å². The average molecular weight is 967 g/mol. The van der Waals surface area contributed by atoms with Gasteiger partial charge in [-0.2, -0.15) is 0 Å². The van der Waals surface area contributed by atoms with Gasteiger partial charge in [-0.3, -0.25) is 0 Å². The van der Waals surface area contributed by atoms with Gasteiger partial charge >= 0.3 is 0 Å². The Morgan fingerprint density at radius 3 is 0.868 bits per heavy atom. The minimum absolute atomic E-state index is 1.11. The van der Waals surface area contributed by atoms with Crippen LogP contribution in [0.15, 0.2) is 291 Å². The van der Waals surface area contributed by atoms with Gasteiger partial charge in [0.25, 0.3) is 0 Å². The number of anilines is 6. The van der Waals surface area contributed by atoms with Gasteiger partial charge in [-0.25, -0.2) is 0 Å². The minimum Gasteiger partial charge on any atom is -0.309 e. The van der Waals surface area contributed by atoms with Gasteiger partial charge < -0.3 is 9.80 Å². The molecule has 0 saturated carbocycles. The zero-order valence-corrected chi connectivity index (χ0v) is 41.8. The Morgan fingerprint density at radius 1 is 0.197 bits per heavy atom. The summed E-state index contributed by atoms with van der Waals surface area (Å²) in [7, 11) is 0. The third kappa shape index (κ3) is 8.10. The summed E-state index contributed by atoms with van der Waals surface area (Å²) in [5, 5.41) is 14.7. The van der Waals surface area contributed by atoms with E-state index in [0.29, 0.717) is 0 Å². The van der Waals surface area contributed by atoms with Crippen LogP contribution >= 0.6 is 0 Å². The molecule has 76 heavy (non-hydrogen) atoms. The first-order chi connectivity index (χ1) is 37.7. The standard InChI is InChI=1S/C74H50N2/c1-7-23-65-57(15-1)19-13-29-71(65)75(73-49-59-17-3-5-21-63(59)67-25-9-11-27-69(67)73)61-45-41-55(42-46-61)53-37-33-51(34-38-53)31-32-52-35-39-54(40-36-52)56-43-47-62(48-44-56)76(72-30-14-20-58-16-2-8-24-66(58)72)74-50-60-18-4-6-22-64(60)68-26-10-12-28-70(68)74/h1-50H/b32-31+. The van der Waals surface area contributed by atoms with Crippen LogP contribution in [0.25, 0.3) is 99.0 Å². The zero-order valence-electron chi connectivity index (χ0n) is 41.8. The van der Waals surface area contributed by atoms with Crippen molar-refractivity contribution < 1.29 is 0 Å². The molecule has 0 fully saturated rings. The molecule has 0 spiro atoms. The lowest BCUT2D eigenvalue weighted by molar-refractivity contribution is 1.32. The summed E-state index contributed by atoms with van der Waals surface area (Å²) in [6.45, 7) is 0. The van der Waals surface area contributed by atoms with Gasteiger partial charge in [0.05, 0.1) is 22.7 Å². The van der Waals surface area contributed by atoms with Crippen molar-refractivity contribution in [2.45, 2.75) is 0 Å². The molecule has 14 aromatic rings. The van der Waals surface area contributed by atoms with Crippen LogP contribution in [0.1, 0.15) is 11.1 Å². The second kappa shape index (κ2) is 19.1. The van der Waals surface area contributed by atoms with E-state index in [1.807, 2.05) is 0 Å². The Hall–Kier alpha value is -10.0. The van der Waals surface area contributed by atoms with E-state index in [-0.39, 0.29) is 0 Å². The van der Waals surface area contributed by atoms with E-state index in [2.05, 4.69) is 313 Å². The summed E-state index contributed by atoms with van der Waals surface area (Å²) >= 11 is 0. The third-order valence-electron chi connectivity index (χ3n) is 15.2. The van der Waals surface area contributed by atoms with E-state index in [9.17, 15) is 0 Å². The molecule has 0 heterocycles. The summed E-state index contributed by atoms with van der Waals surface area (Å²) in [5.41, 5.74) is 13.8. The molecule has 0 N–H and O–H groups in total. The summed E-state index contributed by atoms with van der Waals surface area (Å²) in [6.07, 6.45) is 4.40. The van der Waals surface area contributed by atoms with Crippen LogP contribution in [-0.4, -0.2) is 0 Å². The lowest BCUT2D eigenvalue weighted by atomic mass is 9.98. The molecule has 14 rings (SSSR count). The van der Waals surface area contributed by atoms with E-state index in [4.69, 9.17) is 0 Å². The first-order valence-corrected chi connectivity index (χ1v) is 26.1. The van der Waals surface area contributed by atoms with Gasteiger partial charge in [0.2, 0.25) is 0 Å². The Kier molecular flexibility index (Phi) is 11.2. The van der Waals surface area contributed by atoms with Crippen molar-refractivity contribution in [2.24, 2.45) is 0 Å². The van der Waals surface area contributed by atoms with E-state index < -0.39 is 0 Å². The smallest absolute Gasteiger partial charge is 0.0546 e. The second-order valence-electron chi connectivity index (χ2n) is 19.7. The van der Waals surface area contributed by atoms with Crippen LogP contribution in [0.4, 0.5) is 34.1 Å². The van der Waals surface area contributed by atoms with Gasteiger partial charge in [0.15, 0.2) is 0 Å². The maximum atomic E-state index is 2.44. The molecule has 14 aromatic carbocycles. The van der Waals surface area contributed by atoms with Crippen LogP contribution in [0.2, 0.25) is 0 Å². The predicted molar refractivity (Wildman–Crippen MR) is 327 cm³/mol. The van der Waals surface area contributed by atoms with E-state index in [1.165, 1.54) is 86.9 Å². The number of hydrogen-bond acceptors (Lipinski definition) is 2. The molecule has 0 atom stereocenters. The molecular formula is C74H50N2. The summed E-state index contributed by atoms with van der Waals surface area (Å²) in [5.74, 6) is 0. The van der Waals surface area contributed by atoms with Crippen LogP contribution in [0, 0.1) is 0 Å². The fourth-order valence-electron chi connectivity index (χ4n) is 11.4. The van der Waals surface area contributed by atoms with Crippen LogP contribution in [0.5, 0.6) is 0 Å². The molecule has 356 valence electrons. The first-order valence-electron chi connectivity index (χ1n) is 26.1. The molecule has 2 nitrogen and oxygen atoms in total. The second-order valence-corrected chi connectivity index (χ2v) is 19.7. The molecule has 0 aliphatic carbocycles. The fraction of sp³-hybridized carbons (Fsp3) is 0. The number of rotatable bonds is 10. The third-order valence-corrected chi connectivity index (χ3v) is 15.2. The maximum Gasteiger partial charge on any atom is 0.0546 e. The topological polar surface area (TPSA) is 6.48 Å². The highest BCUT2D eigenvalue weighted by molar-refractivity contribution is 6.17. The fourth-order valence-corrected chi connectivity index (χ4v) is 11.4. The Morgan fingerprint density at radius 2 is 0.487 bits per heavy atom. The normalized spacial score (nSPS) is 11.6. The van der Waals surface area contributed by atoms with Crippen LogP contribution < -0.4 is 9.80 Å². The molecular weight excluding hydrogens is 917 g/mol. The van der Waals surface area contributed by atoms with Gasteiger partial charge in [0.1, 0.15) is 0 Å². The quantitative estimate of drug-likeness (QED) is 0.0995. The van der Waals surface area contributed by atoms with Gasteiger partial charge in [0, 0.05) is 32.9 Å². The molecule has 2 heteroatoms. The van der Waals surface area contributed by atoms with Crippen molar-refractivity contribution in [1.29, 1.82) is 0 Å². The number of fused-ring (bicyclic) bond motifs is 8. The van der Waals surface area contributed by atoms with Crippen molar-refractivity contribution in [3.05, 3.63) is 302 Å². The van der Waals surface area contributed by atoms with E-state index in [0.717, 1.165) is 45.3 Å². The first kappa shape index (κ1) is 44.7. The molecule has 0 radical (unpaired) electrons. The van der Waals surface area contributed by atoms with Crippen LogP contribution in [0.3, 0.4) is 0 Å². The van der Waals surface area contributed by atoms with Crippen molar-refractivity contribution in [1.82, 2.24) is 0 Å². The highest BCUT2D eigenvalue weighted by atomic mass is 15.2. The molecule has 0 amide bonds. The Bertz CT molecular complexity index is 4190. The molecule has 0 unspecified atom stereocenters. The summed E-state index contributed by atoms with van der Waals surface area (Å²) in [4.78, 5) is 4.88. The lowest BCUT2D eigenvalue weighted by Gasteiger charge is -2.29. The number of hydrogen-bond donors (Lipinski definition) is 0. The van der Waals surface area contributed by atoms with Crippen molar-refractivity contribution in [3.63, 3.8) is 0 Å². The monoisotopic (exact) mass is 966 g/mol. The molecule has 0 aliphatic rings. The zero-order chi connectivity index (χ0) is 50.4. The highest BCUT2D eigenvalue weighted by Crippen LogP contribution is 2.47. The number of benzene rings is 14. The SMILES string of the molecule is C(=C\c1ccc(-c2ccc(N(c3cccc4ccccc34)c3cc4ccccc4c4ccccc34)cc2)cc1)/c1ccc(-c2ccc(N(c3cccc4ccccc34)c3cc4ccccc4c4ccccc34)cc2)cc1. The maximum absolute atomic E-state index is 2.44. The number of nitrogens with zero attached hydrogens (tertiary/aromatic N) is 2. The van der Waals surface area contributed by atoms with Gasteiger partial charge in [-0.15, -0.1) is 0 Å². The average Bonchev–Trinajstić information content (AvgIpc) is 3.56. The largest absolute Gasteiger partial charge is 0.309 e. The highest BCUT2D eigenvalue weighted by Gasteiger charge is 2.21. The van der Waals surface area contributed by atoms with Crippen LogP contribution in [-0.2, 0) is 0 Å². The van der Waals surface area contributed by atoms with Gasteiger partial charge in [-0.05, 0) is 125 Å². The van der Waals surface area contributed by atoms with E-state index in [1.54, 1.807) is 0 Å². The molecule has 0 bridgehead atoms. The van der Waals surface area contributed by atoms with Crippen molar-refractivity contribution >= 4 is 111 Å². The summed E-state index contributed by atoms with van der Waals surface area (Å²) < 4.78 is 0.